The molecule has 0 aromatic rings. The first-order valence-electron chi connectivity index (χ1n) is 13.8. The smallest absolute Gasteiger partial charge is 0.239 e. The number of hydrogen-bond donors (Lipinski definition) is 1. The Morgan fingerprint density at radius 1 is 0.723 bits per heavy atom. The van der Waals surface area contributed by atoms with Gasteiger partial charge >= 0.3 is 0 Å². The van der Waals surface area contributed by atoms with Crippen molar-refractivity contribution in [2.75, 3.05) is 33.4 Å². The molecule has 1 aliphatic heterocycles. The van der Waals surface area contributed by atoms with Gasteiger partial charge in [0.05, 0.1) is 13.2 Å². The van der Waals surface area contributed by atoms with Gasteiger partial charge in [-0.3, -0.25) is 26.3 Å². The third kappa shape index (κ3) is 19.2. The van der Waals surface area contributed by atoms with Crippen LogP contribution in [0.1, 0.15) is 58.3 Å². The van der Waals surface area contributed by atoms with Crippen LogP contribution in [-0.2, 0) is 77.4 Å². The van der Waals surface area contributed by atoms with Gasteiger partial charge in [0.25, 0.3) is 0 Å². The lowest BCUT2D eigenvalue weighted by Gasteiger charge is -2.45. The van der Waals surface area contributed by atoms with Gasteiger partial charge in [0.2, 0.25) is 53.4 Å². The maximum atomic E-state index is 12.6. The van der Waals surface area contributed by atoms with E-state index in [1.54, 1.807) is 6.92 Å². The van der Waals surface area contributed by atoms with Crippen LogP contribution in [0.4, 0.5) is 0 Å². The molecule has 1 aliphatic rings. The second kappa shape index (κ2) is 19.5. The molecule has 47 heavy (non-hydrogen) atoms. The Balaban J connectivity index is 2.79. The molecule has 1 rings (SSSR count). The van der Waals surface area contributed by atoms with Gasteiger partial charge in [-0.15, -0.1) is 0 Å². The minimum Gasteiger partial charge on any atom is -0.726 e. The third-order valence-corrected chi connectivity index (χ3v) is 8.17. The molecular formula is C21H36N2O20S4-4. The Hall–Kier alpha value is -1.66. The van der Waals surface area contributed by atoms with E-state index in [4.69, 9.17) is 9.47 Å². The molecule has 2 amide bonds. The van der Waals surface area contributed by atoms with Gasteiger partial charge in [-0.05, 0) is 19.8 Å². The van der Waals surface area contributed by atoms with Crippen molar-refractivity contribution in [3.63, 3.8) is 0 Å². The summed E-state index contributed by atoms with van der Waals surface area (Å²) in [4.78, 5) is 26.4. The number of carbonyl (C=O) groups excluding carboxylic acids is 2. The highest BCUT2D eigenvalue weighted by atomic mass is 32.3. The zero-order valence-corrected chi connectivity index (χ0v) is 28.4. The normalized spacial score (nSPS) is 22.6. The Labute approximate surface area is 273 Å². The zero-order chi connectivity index (χ0) is 36.1. The van der Waals surface area contributed by atoms with E-state index in [1.165, 1.54) is 4.90 Å². The Morgan fingerprint density at radius 2 is 1.21 bits per heavy atom. The number of ether oxygens (including phenoxy) is 2. The fraction of sp³-hybridized carbons (Fsp3) is 0.905. The molecule has 0 radical (unpaired) electrons. The summed E-state index contributed by atoms with van der Waals surface area (Å²) in [6.45, 7) is 0.165. The standard InChI is InChI=1S/C21H40N2O20S4/c1-3-23(17(25)11-9-7-5-4-6-8-10-12-39-44(26,27)28)14-16(24)22-13-15-18(41-45(29,30)31)19(42-46(32,33)34)20(21(38-2)40-15)43-47(35,36)37/h15,18-21H,3-14H2,1-2H3,(H,22,24)(H,26,27,28)(H,29,30,31)(H,32,33,34)(H,35,36,37)/p-4/t15-,18-,19+,20+,21+/m1/s1. The van der Waals surface area contributed by atoms with Crippen molar-refractivity contribution in [2.45, 2.75) is 89.0 Å². The second-order valence-corrected chi connectivity index (χ2v) is 13.9. The number of nitrogens with one attached hydrogen (secondary N) is 1. The van der Waals surface area contributed by atoms with E-state index < -0.39 is 97.2 Å². The van der Waals surface area contributed by atoms with Crippen LogP contribution >= 0.6 is 0 Å². The van der Waals surface area contributed by atoms with E-state index in [2.05, 4.69) is 22.0 Å². The van der Waals surface area contributed by atoms with Crippen LogP contribution in [0.5, 0.6) is 0 Å². The Morgan fingerprint density at radius 3 is 1.70 bits per heavy atom. The summed E-state index contributed by atoms with van der Waals surface area (Å²) < 4.78 is 160. The molecule has 0 bridgehead atoms. The van der Waals surface area contributed by atoms with Crippen LogP contribution in [0.25, 0.3) is 0 Å². The SMILES string of the molecule is CCN(CC(=O)NC[C@H]1O[C@H](OC)[C@@H](OS(=O)(=O)[O-])[C@@H](OS(=O)(=O)[O-])[C@@H]1OS(=O)(=O)[O-])C(=O)CCCCCCCCCOS(=O)(=O)[O-]. The lowest BCUT2D eigenvalue weighted by atomic mass is 9.99. The fourth-order valence-corrected chi connectivity index (χ4v) is 6.16. The first-order valence-corrected chi connectivity index (χ1v) is 19.1. The summed E-state index contributed by atoms with van der Waals surface area (Å²) in [5.41, 5.74) is 0. The van der Waals surface area contributed by atoms with Gasteiger partial charge < -0.3 is 37.9 Å². The quantitative estimate of drug-likeness (QED) is 0.0636. The van der Waals surface area contributed by atoms with E-state index in [0.29, 0.717) is 25.7 Å². The maximum absolute atomic E-state index is 12.6. The van der Waals surface area contributed by atoms with Crippen LogP contribution in [0, 0.1) is 0 Å². The summed E-state index contributed by atoms with van der Waals surface area (Å²) in [6.07, 6.45) is -6.95. The predicted molar refractivity (Wildman–Crippen MR) is 147 cm³/mol. The molecule has 26 heteroatoms. The number of rotatable bonds is 23. The molecule has 0 spiro atoms. The van der Waals surface area contributed by atoms with Crippen molar-refractivity contribution in [1.29, 1.82) is 0 Å². The van der Waals surface area contributed by atoms with Gasteiger partial charge in [-0.1, -0.05) is 32.1 Å². The monoisotopic (exact) mass is 764 g/mol. The van der Waals surface area contributed by atoms with Crippen LogP contribution in [0.2, 0.25) is 0 Å². The Kier molecular flexibility index (Phi) is 18.0. The maximum Gasteiger partial charge on any atom is 0.239 e. The van der Waals surface area contributed by atoms with E-state index >= 15 is 0 Å². The molecule has 1 N–H and O–H groups in total. The van der Waals surface area contributed by atoms with Crippen molar-refractivity contribution < 1.29 is 87.7 Å². The van der Waals surface area contributed by atoms with Gasteiger partial charge in [0.15, 0.2) is 12.4 Å². The predicted octanol–water partition coefficient (Wildman–Crippen LogP) is -2.54. The molecule has 0 aliphatic carbocycles. The molecule has 0 saturated carbocycles. The summed E-state index contributed by atoms with van der Waals surface area (Å²) in [7, 11) is -21.2. The van der Waals surface area contributed by atoms with Crippen molar-refractivity contribution in [3.05, 3.63) is 0 Å². The molecule has 1 saturated heterocycles. The highest BCUT2D eigenvalue weighted by Gasteiger charge is 2.51. The average molecular weight is 765 g/mol. The number of amides is 2. The summed E-state index contributed by atoms with van der Waals surface area (Å²) in [6, 6.07) is 0. The molecule has 0 aromatic heterocycles. The van der Waals surface area contributed by atoms with E-state index in [9.17, 15) is 61.5 Å². The number of carbonyl (C=O) groups is 2. The molecule has 1 heterocycles. The first kappa shape index (κ1) is 43.4. The van der Waals surface area contributed by atoms with Crippen molar-refractivity contribution in [3.8, 4) is 0 Å². The van der Waals surface area contributed by atoms with Crippen LogP contribution in [-0.4, -0.2) is 133 Å². The van der Waals surface area contributed by atoms with E-state index in [1.807, 2.05) is 0 Å². The number of hydrogen-bond acceptors (Lipinski definition) is 20. The zero-order valence-electron chi connectivity index (χ0n) is 25.1. The highest BCUT2D eigenvalue weighted by Crippen LogP contribution is 2.31. The molecule has 278 valence electrons. The fourth-order valence-electron chi connectivity index (χ4n) is 4.37. The topological polar surface area (TPSA) is 334 Å². The van der Waals surface area contributed by atoms with Crippen LogP contribution in [0.15, 0.2) is 0 Å². The number of nitrogens with zero attached hydrogens (tertiary/aromatic N) is 1. The van der Waals surface area contributed by atoms with Gasteiger partial charge in [0.1, 0.15) is 18.3 Å². The van der Waals surface area contributed by atoms with Crippen molar-refractivity contribution in [2.24, 2.45) is 0 Å². The molecular weight excluding hydrogens is 728 g/mol. The Bertz CT molecular complexity index is 1440. The van der Waals surface area contributed by atoms with E-state index in [-0.39, 0.29) is 19.6 Å². The number of likely N-dealkylation sites (N-methyl/N-ethyl adjacent to an activating group) is 1. The summed E-state index contributed by atoms with van der Waals surface area (Å²) >= 11 is 0. The van der Waals surface area contributed by atoms with Crippen molar-refractivity contribution >= 4 is 53.4 Å². The average Bonchev–Trinajstić information content (AvgIpc) is 2.91. The lowest BCUT2D eigenvalue weighted by Crippen LogP contribution is -2.64. The molecule has 0 aromatic carbocycles. The van der Waals surface area contributed by atoms with Gasteiger partial charge in [-0.2, -0.15) is 0 Å². The summed E-state index contributed by atoms with van der Waals surface area (Å²) in [5, 5.41) is 2.24. The minimum atomic E-state index is -5.82. The number of unbranched alkanes of at least 4 members (excludes halogenated alkanes) is 6. The lowest BCUT2D eigenvalue weighted by molar-refractivity contribution is -0.274. The van der Waals surface area contributed by atoms with Gasteiger partial charge in [-0.25, -0.2) is 33.7 Å². The van der Waals surface area contributed by atoms with Crippen molar-refractivity contribution in [1.82, 2.24) is 10.2 Å². The molecule has 22 nitrogen and oxygen atoms in total. The summed E-state index contributed by atoms with van der Waals surface area (Å²) in [5.74, 6) is -1.25. The highest BCUT2D eigenvalue weighted by molar-refractivity contribution is 7.81. The molecule has 0 unspecified atom stereocenters. The first-order chi connectivity index (χ1) is 21.5. The van der Waals surface area contributed by atoms with E-state index in [0.717, 1.165) is 26.4 Å². The molecule has 5 atom stereocenters. The van der Waals surface area contributed by atoms with Gasteiger partial charge in [0, 0.05) is 26.6 Å². The molecule has 1 fully saturated rings. The van der Waals surface area contributed by atoms with Crippen LogP contribution in [0.3, 0.4) is 0 Å². The largest absolute Gasteiger partial charge is 0.726 e. The number of methoxy groups -OCH3 is 1. The van der Waals surface area contributed by atoms with Crippen LogP contribution < -0.4 is 5.32 Å². The second-order valence-electron chi connectivity index (χ2n) is 9.85. The third-order valence-electron chi connectivity index (χ3n) is 6.34. The minimum absolute atomic E-state index is 0.0849.